The number of nitrogens with two attached hydrogens (primary N) is 1. The van der Waals surface area contributed by atoms with E-state index in [1.807, 2.05) is 4.98 Å². The molecule has 2 aromatic rings. The van der Waals surface area contributed by atoms with E-state index in [0.717, 1.165) is 10.6 Å². The van der Waals surface area contributed by atoms with Crippen LogP contribution in [0.2, 0.25) is 0 Å². The quantitative estimate of drug-likeness (QED) is 0.730. The third kappa shape index (κ3) is 2.99. The molecule has 0 aliphatic heterocycles. The highest BCUT2D eigenvalue weighted by Gasteiger charge is 2.16. The number of hydrogen-bond donors (Lipinski definition) is 3. The van der Waals surface area contributed by atoms with E-state index in [1.54, 1.807) is 0 Å². The van der Waals surface area contributed by atoms with Crippen molar-refractivity contribution in [3.05, 3.63) is 50.9 Å². The molecule has 2 rings (SSSR count). The maximum atomic E-state index is 13.2. The minimum absolute atomic E-state index is 0.113. The predicted molar refractivity (Wildman–Crippen MR) is 72.2 cm³/mol. The summed E-state index contributed by atoms with van der Waals surface area (Å²) in [4.78, 5) is 36.2. The van der Waals surface area contributed by atoms with Crippen LogP contribution < -0.4 is 17.0 Å². The lowest BCUT2D eigenvalue weighted by atomic mass is 10.1. The Morgan fingerprint density at radius 3 is 2.71 bits per heavy atom. The van der Waals surface area contributed by atoms with Crippen molar-refractivity contribution in [2.24, 2.45) is 5.73 Å². The number of aromatic hydroxyl groups is 1. The van der Waals surface area contributed by atoms with Gasteiger partial charge in [0.2, 0.25) is 11.8 Å². The number of aromatic nitrogens is 2. The Balaban J connectivity index is 2.62. The van der Waals surface area contributed by atoms with Gasteiger partial charge in [0.1, 0.15) is 11.4 Å². The summed E-state index contributed by atoms with van der Waals surface area (Å²) in [7, 11) is 0. The second kappa shape index (κ2) is 5.61. The van der Waals surface area contributed by atoms with Crippen molar-refractivity contribution >= 4 is 5.91 Å². The molecule has 0 fully saturated rings. The Morgan fingerprint density at radius 2 is 2.10 bits per heavy atom. The second-order valence-corrected chi connectivity index (χ2v) is 4.34. The monoisotopic (exact) mass is 293 g/mol. The van der Waals surface area contributed by atoms with Gasteiger partial charge in [-0.15, -0.1) is 0 Å². The van der Waals surface area contributed by atoms with Crippen LogP contribution in [0.3, 0.4) is 0 Å². The predicted octanol–water partition coefficient (Wildman–Crippen LogP) is -0.0763. The maximum Gasteiger partial charge on any atom is 0.331 e. The lowest BCUT2D eigenvalue weighted by molar-refractivity contribution is -0.118. The molecular formula is C13H12FN3O4. The molecule has 1 aromatic carbocycles. The van der Waals surface area contributed by atoms with Crippen LogP contribution >= 0.6 is 0 Å². The standard InChI is InChI=1S/C13H12FN3O4/c14-8-3-1-2-7(6-8)10-11(19)16-13(21)17(12(10)20)5-4-9(15)18/h1-3,6,20H,4-5H2,(H2,15,18)(H,16,19,21). The highest BCUT2D eigenvalue weighted by atomic mass is 19.1. The highest BCUT2D eigenvalue weighted by Crippen LogP contribution is 2.24. The molecule has 0 saturated carbocycles. The molecule has 0 bridgehead atoms. The van der Waals surface area contributed by atoms with Gasteiger partial charge in [-0.1, -0.05) is 12.1 Å². The summed E-state index contributed by atoms with van der Waals surface area (Å²) in [5.41, 5.74) is 3.12. The Hall–Kier alpha value is -2.90. The van der Waals surface area contributed by atoms with Crippen molar-refractivity contribution in [2.45, 2.75) is 13.0 Å². The second-order valence-electron chi connectivity index (χ2n) is 4.34. The molecule has 4 N–H and O–H groups in total. The van der Waals surface area contributed by atoms with Crippen molar-refractivity contribution in [1.82, 2.24) is 9.55 Å². The molecule has 110 valence electrons. The van der Waals surface area contributed by atoms with Crippen LogP contribution in [0.25, 0.3) is 11.1 Å². The molecule has 0 aliphatic carbocycles. The highest BCUT2D eigenvalue weighted by molar-refractivity contribution is 5.73. The summed E-state index contributed by atoms with van der Waals surface area (Å²) >= 11 is 0. The summed E-state index contributed by atoms with van der Waals surface area (Å²) in [6, 6.07) is 5.00. The minimum Gasteiger partial charge on any atom is -0.494 e. The molecule has 0 aliphatic rings. The number of hydrogen-bond acceptors (Lipinski definition) is 4. The number of H-pyrrole nitrogens is 1. The first-order chi connectivity index (χ1) is 9.90. The molecule has 0 radical (unpaired) electrons. The Kier molecular flexibility index (Phi) is 3.88. The summed E-state index contributed by atoms with van der Waals surface area (Å²) in [5, 5.41) is 10.1. The van der Waals surface area contributed by atoms with E-state index in [1.165, 1.54) is 18.2 Å². The molecule has 1 heterocycles. The molecule has 0 unspecified atom stereocenters. The zero-order valence-electron chi connectivity index (χ0n) is 10.8. The Bertz CT molecular complexity index is 810. The van der Waals surface area contributed by atoms with Crippen molar-refractivity contribution in [3.8, 4) is 17.0 Å². The molecule has 1 amide bonds. The van der Waals surface area contributed by atoms with Crippen molar-refractivity contribution in [3.63, 3.8) is 0 Å². The van der Waals surface area contributed by atoms with Crippen LogP contribution in [-0.4, -0.2) is 20.6 Å². The van der Waals surface area contributed by atoms with E-state index in [4.69, 9.17) is 5.73 Å². The van der Waals surface area contributed by atoms with E-state index in [9.17, 15) is 23.9 Å². The summed E-state index contributed by atoms with van der Waals surface area (Å²) in [5.74, 6) is -1.91. The molecule has 0 saturated heterocycles. The minimum atomic E-state index is -0.876. The first-order valence-electron chi connectivity index (χ1n) is 6.00. The SMILES string of the molecule is NC(=O)CCn1c(O)c(-c2cccc(F)c2)c(=O)[nH]c1=O. The molecule has 1 aromatic heterocycles. The van der Waals surface area contributed by atoms with Crippen LogP contribution in [0, 0.1) is 5.82 Å². The van der Waals surface area contributed by atoms with E-state index < -0.39 is 28.9 Å². The molecule has 7 nitrogen and oxygen atoms in total. The van der Waals surface area contributed by atoms with Gasteiger partial charge in [-0.25, -0.2) is 9.18 Å². The van der Waals surface area contributed by atoms with E-state index >= 15 is 0 Å². The number of amides is 1. The van der Waals surface area contributed by atoms with Gasteiger partial charge in [-0.2, -0.15) is 0 Å². The Labute approximate surface area is 117 Å². The van der Waals surface area contributed by atoms with Gasteiger partial charge >= 0.3 is 5.69 Å². The van der Waals surface area contributed by atoms with E-state index in [-0.39, 0.29) is 24.1 Å². The Morgan fingerprint density at radius 1 is 1.38 bits per heavy atom. The van der Waals surface area contributed by atoms with Crippen molar-refractivity contribution in [2.75, 3.05) is 0 Å². The summed E-state index contributed by atoms with van der Waals surface area (Å²) < 4.78 is 14.0. The van der Waals surface area contributed by atoms with Crippen LogP contribution in [0.5, 0.6) is 5.88 Å². The number of aromatic amines is 1. The lowest BCUT2D eigenvalue weighted by Crippen LogP contribution is -2.32. The summed E-state index contributed by atoms with van der Waals surface area (Å²) in [6.07, 6.45) is -0.192. The molecule has 21 heavy (non-hydrogen) atoms. The number of rotatable bonds is 4. The van der Waals surface area contributed by atoms with Crippen LogP contribution in [0.1, 0.15) is 6.42 Å². The first kappa shape index (κ1) is 14.5. The number of nitrogens with one attached hydrogen (secondary N) is 1. The largest absolute Gasteiger partial charge is 0.494 e. The van der Waals surface area contributed by atoms with Crippen LogP contribution in [0.15, 0.2) is 33.9 Å². The van der Waals surface area contributed by atoms with Crippen molar-refractivity contribution in [1.29, 1.82) is 0 Å². The number of primary amides is 1. The number of benzene rings is 1. The fourth-order valence-corrected chi connectivity index (χ4v) is 1.89. The van der Waals surface area contributed by atoms with Crippen LogP contribution in [-0.2, 0) is 11.3 Å². The van der Waals surface area contributed by atoms with Gasteiger partial charge in [0.05, 0.1) is 0 Å². The maximum absolute atomic E-state index is 13.2. The van der Waals surface area contributed by atoms with E-state index in [0.29, 0.717) is 0 Å². The average Bonchev–Trinajstić information content (AvgIpc) is 2.37. The smallest absolute Gasteiger partial charge is 0.331 e. The van der Waals surface area contributed by atoms with Crippen LogP contribution in [0.4, 0.5) is 4.39 Å². The third-order valence-electron chi connectivity index (χ3n) is 2.87. The zero-order chi connectivity index (χ0) is 15.6. The van der Waals surface area contributed by atoms with Gasteiger partial charge in [0.15, 0.2) is 0 Å². The van der Waals surface area contributed by atoms with Gasteiger partial charge < -0.3 is 10.8 Å². The van der Waals surface area contributed by atoms with Gasteiger partial charge in [-0.05, 0) is 17.7 Å². The summed E-state index contributed by atoms with van der Waals surface area (Å²) in [6.45, 7) is -0.195. The van der Waals surface area contributed by atoms with Crippen molar-refractivity contribution < 1.29 is 14.3 Å². The zero-order valence-corrected chi connectivity index (χ0v) is 10.8. The number of carbonyl (C=O) groups excluding carboxylic acids is 1. The molecular weight excluding hydrogens is 281 g/mol. The molecule has 8 heteroatoms. The van der Waals surface area contributed by atoms with E-state index in [2.05, 4.69) is 0 Å². The molecule has 0 spiro atoms. The fourth-order valence-electron chi connectivity index (χ4n) is 1.89. The van der Waals surface area contributed by atoms with Gasteiger partial charge in [0.25, 0.3) is 5.56 Å². The third-order valence-corrected chi connectivity index (χ3v) is 2.87. The number of nitrogens with zero attached hydrogens (tertiary/aromatic N) is 1. The fraction of sp³-hybridized carbons (Fsp3) is 0.154. The normalized spacial score (nSPS) is 10.5. The molecule has 0 atom stereocenters. The van der Waals surface area contributed by atoms with Gasteiger partial charge in [-0.3, -0.25) is 19.1 Å². The van der Waals surface area contributed by atoms with Gasteiger partial charge in [0, 0.05) is 13.0 Å². The average molecular weight is 293 g/mol. The topological polar surface area (TPSA) is 118 Å². The number of carbonyl (C=O) groups is 1. The number of halogens is 1. The lowest BCUT2D eigenvalue weighted by Gasteiger charge is -2.10. The first-order valence-corrected chi connectivity index (χ1v) is 6.00.